The molecule has 188 valence electrons. The summed E-state index contributed by atoms with van der Waals surface area (Å²) in [6.07, 6.45) is 6.60. The number of hydrogen-bond donors (Lipinski definition) is 0. The summed E-state index contributed by atoms with van der Waals surface area (Å²) in [5, 5.41) is 13.5. The van der Waals surface area contributed by atoms with Crippen LogP contribution in [0.4, 0.5) is 4.39 Å². The van der Waals surface area contributed by atoms with Crippen molar-refractivity contribution in [2.24, 2.45) is 7.05 Å². The third-order valence-corrected chi connectivity index (χ3v) is 9.22. The summed E-state index contributed by atoms with van der Waals surface area (Å²) in [6.45, 7) is 3.51. The van der Waals surface area contributed by atoms with Crippen LogP contribution in [-0.2, 0) is 17.1 Å². The molecule has 1 aliphatic carbocycles. The summed E-state index contributed by atoms with van der Waals surface area (Å²) in [5.74, 6) is -0.289. The Bertz CT molecular complexity index is 1530. The molecule has 0 spiro atoms. The van der Waals surface area contributed by atoms with Crippen LogP contribution in [0.3, 0.4) is 0 Å². The first-order valence-electron chi connectivity index (χ1n) is 12.2. The molecular weight excluding hydrogens is 481 g/mol. The van der Waals surface area contributed by atoms with Gasteiger partial charge in [0.05, 0.1) is 23.6 Å². The number of sulfonamides is 1. The molecule has 0 amide bonds. The number of aryl methyl sites for hydroxylation is 2. The molecule has 0 radical (unpaired) electrons. The molecule has 2 fully saturated rings. The third-order valence-electron chi connectivity index (χ3n) is 7.50. The quantitative estimate of drug-likeness (QED) is 0.411. The molecule has 2 aromatic heterocycles. The Morgan fingerprint density at radius 2 is 1.81 bits per heavy atom. The molecule has 1 atom stereocenters. The van der Waals surface area contributed by atoms with Gasteiger partial charge < -0.3 is 0 Å². The van der Waals surface area contributed by atoms with Gasteiger partial charge in [0.1, 0.15) is 5.82 Å². The van der Waals surface area contributed by atoms with Crippen molar-refractivity contribution in [3.8, 4) is 5.69 Å². The zero-order valence-electron chi connectivity index (χ0n) is 20.2. The van der Waals surface area contributed by atoms with Crippen LogP contribution >= 0.6 is 0 Å². The van der Waals surface area contributed by atoms with Gasteiger partial charge in [0.25, 0.3) is 10.0 Å². The van der Waals surface area contributed by atoms with Crippen molar-refractivity contribution in [1.82, 2.24) is 34.0 Å². The van der Waals surface area contributed by atoms with Gasteiger partial charge in [0.2, 0.25) is 5.03 Å². The summed E-state index contributed by atoms with van der Waals surface area (Å²) < 4.78 is 43.5. The van der Waals surface area contributed by atoms with Crippen molar-refractivity contribution >= 4 is 20.9 Å². The highest BCUT2D eigenvalue weighted by Gasteiger charge is 2.40. The Hall–Kier alpha value is -3.15. The van der Waals surface area contributed by atoms with Crippen LogP contribution in [-0.4, -0.2) is 68.1 Å². The van der Waals surface area contributed by atoms with E-state index in [0.29, 0.717) is 25.7 Å². The maximum atomic E-state index is 13.4. The summed E-state index contributed by atoms with van der Waals surface area (Å²) in [5.41, 5.74) is 3.89. The summed E-state index contributed by atoms with van der Waals surface area (Å²) >= 11 is 0. The lowest BCUT2D eigenvalue weighted by atomic mass is 9.87. The second-order valence-electron chi connectivity index (χ2n) is 9.67. The fourth-order valence-electron chi connectivity index (χ4n) is 5.34. The first kappa shape index (κ1) is 23.3. The minimum atomic E-state index is -3.75. The van der Waals surface area contributed by atoms with E-state index in [1.54, 1.807) is 28.2 Å². The van der Waals surface area contributed by atoms with E-state index in [4.69, 9.17) is 0 Å². The molecule has 2 aromatic carbocycles. The van der Waals surface area contributed by atoms with E-state index in [9.17, 15) is 12.8 Å². The van der Waals surface area contributed by atoms with Crippen LogP contribution < -0.4 is 0 Å². The average Bonchev–Trinajstić information content (AvgIpc) is 3.45. The molecule has 11 heteroatoms. The van der Waals surface area contributed by atoms with Crippen LogP contribution in [0, 0.1) is 12.7 Å². The molecule has 0 unspecified atom stereocenters. The predicted octanol–water partition coefficient (Wildman–Crippen LogP) is 3.20. The molecule has 1 saturated heterocycles. The third kappa shape index (κ3) is 3.91. The van der Waals surface area contributed by atoms with Gasteiger partial charge in [-0.05, 0) is 67.3 Å². The predicted molar refractivity (Wildman–Crippen MR) is 133 cm³/mol. The largest absolute Gasteiger partial charge is 0.291 e. The Kier molecular flexibility index (Phi) is 5.66. The standard InChI is InChI=1S/C25H28FN7O2S/c1-17-12-23-18(14-28-33(23)21-8-6-19(26)7-9-21)13-22(17)24-16-31(10-11-32(24)20-4-3-5-20)36(34,35)25-15-27-30(2)29-25/h6-9,12-15,20,24H,3-5,10-11,16H2,1-2H3/t24-/m0/s1. The van der Waals surface area contributed by atoms with Crippen molar-refractivity contribution in [2.75, 3.05) is 19.6 Å². The molecule has 4 aromatic rings. The first-order valence-corrected chi connectivity index (χ1v) is 13.6. The van der Waals surface area contributed by atoms with Gasteiger partial charge in [0.15, 0.2) is 0 Å². The van der Waals surface area contributed by atoms with Crippen molar-refractivity contribution in [3.05, 3.63) is 65.7 Å². The van der Waals surface area contributed by atoms with Gasteiger partial charge in [0, 0.05) is 44.2 Å². The summed E-state index contributed by atoms with van der Waals surface area (Å²) in [6, 6.07) is 10.9. The lowest BCUT2D eigenvalue weighted by molar-refractivity contribution is 0.0359. The average molecular weight is 510 g/mol. The number of fused-ring (bicyclic) bond motifs is 1. The lowest BCUT2D eigenvalue weighted by Gasteiger charge is -2.48. The Labute approximate surface area is 209 Å². The molecular formula is C25H28FN7O2S. The molecule has 6 rings (SSSR count). The summed E-state index contributed by atoms with van der Waals surface area (Å²) in [4.78, 5) is 3.75. The van der Waals surface area contributed by atoms with E-state index >= 15 is 0 Å². The second kappa shape index (κ2) is 8.75. The van der Waals surface area contributed by atoms with E-state index in [0.717, 1.165) is 40.6 Å². The molecule has 0 N–H and O–H groups in total. The monoisotopic (exact) mass is 509 g/mol. The van der Waals surface area contributed by atoms with Crippen molar-refractivity contribution < 1.29 is 12.8 Å². The molecule has 0 bridgehead atoms. The number of nitrogens with zero attached hydrogens (tertiary/aromatic N) is 7. The fraction of sp³-hybridized carbons (Fsp3) is 0.400. The van der Waals surface area contributed by atoms with E-state index < -0.39 is 10.0 Å². The van der Waals surface area contributed by atoms with Crippen molar-refractivity contribution in [2.45, 2.75) is 43.3 Å². The van der Waals surface area contributed by atoms with Crippen LogP contribution in [0.1, 0.15) is 36.4 Å². The molecule has 1 saturated carbocycles. The number of benzene rings is 2. The van der Waals surface area contributed by atoms with E-state index in [1.807, 2.05) is 6.20 Å². The minimum absolute atomic E-state index is 0.0198. The zero-order valence-corrected chi connectivity index (χ0v) is 21.1. The van der Waals surface area contributed by atoms with Crippen LogP contribution in [0.5, 0.6) is 0 Å². The van der Waals surface area contributed by atoms with Gasteiger partial charge in [-0.1, -0.05) is 6.42 Å². The SMILES string of the molecule is Cc1cc2c(cnn2-c2ccc(F)cc2)cc1[C@@H]1CN(S(=O)(=O)c2cnn(C)n2)CCN1C1CCC1. The van der Waals surface area contributed by atoms with Gasteiger partial charge in [-0.15, -0.1) is 5.10 Å². The Morgan fingerprint density at radius 3 is 2.47 bits per heavy atom. The maximum absolute atomic E-state index is 13.4. The van der Waals surface area contributed by atoms with Crippen LogP contribution in [0.15, 0.2) is 53.8 Å². The summed E-state index contributed by atoms with van der Waals surface area (Å²) in [7, 11) is -2.13. The molecule has 2 aliphatic rings. The fourth-order valence-corrected chi connectivity index (χ4v) is 6.67. The molecule has 1 aliphatic heterocycles. The van der Waals surface area contributed by atoms with Crippen LogP contribution in [0.25, 0.3) is 16.6 Å². The topological polar surface area (TPSA) is 89.2 Å². The van der Waals surface area contributed by atoms with E-state index in [-0.39, 0.29) is 16.9 Å². The van der Waals surface area contributed by atoms with Crippen LogP contribution in [0.2, 0.25) is 0 Å². The number of hydrogen-bond acceptors (Lipinski definition) is 6. The smallest absolute Gasteiger partial charge is 0.264 e. The normalized spacial score (nSPS) is 20.1. The number of aromatic nitrogens is 5. The van der Waals surface area contributed by atoms with Crippen molar-refractivity contribution in [1.29, 1.82) is 0 Å². The highest BCUT2D eigenvalue weighted by Crippen LogP contribution is 2.38. The highest BCUT2D eigenvalue weighted by molar-refractivity contribution is 7.89. The Morgan fingerprint density at radius 1 is 1.03 bits per heavy atom. The molecule has 36 heavy (non-hydrogen) atoms. The molecule has 3 heterocycles. The number of piperazine rings is 1. The highest BCUT2D eigenvalue weighted by atomic mass is 32.2. The van der Waals surface area contributed by atoms with Gasteiger partial charge in [-0.2, -0.15) is 19.3 Å². The van der Waals surface area contributed by atoms with Crippen molar-refractivity contribution in [3.63, 3.8) is 0 Å². The minimum Gasteiger partial charge on any atom is -0.291 e. The van der Waals surface area contributed by atoms with Gasteiger partial charge >= 0.3 is 0 Å². The van der Waals surface area contributed by atoms with Gasteiger partial charge in [-0.3, -0.25) is 4.90 Å². The first-order chi connectivity index (χ1) is 17.3. The Balaban J connectivity index is 1.38. The maximum Gasteiger partial charge on any atom is 0.264 e. The van der Waals surface area contributed by atoms with E-state index in [1.165, 1.54) is 29.5 Å². The zero-order chi connectivity index (χ0) is 25.0. The number of halogens is 1. The second-order valence-corrected chi connectivity index (χ2v) is 11.6. The van der Waals surface area contributed by atoms with Gasteiger partial charge in [-0.25, -0.2) is 17.5 Å². The molecule has 9 nitrogen and oxygen atoms in total. The lowest BCUT2D eigenvalue weighted by Crippen LogP contribution is -2.55. The van der Waals surface area contributed by atoms with E-state index in [2.05, 4.69) is 39.3 Å². The number of rotatable bonds is 5.